The molecule has 5 heteroatoms. The Bertz CT molecular complexity index is 1430. The van der Waals surface area contributed by atoms with E-state index in [2.05, 4.69) is 11.4 Å². The minimum absolute atomic E-state index is 0.00320. The first kappa shape index (κ1) is 22.6. The van der Waals surface area contributed by atoms with Crippen LogP contribution in [0.1, 0.15) is 22.3 Å². The monoisotopic (exact) mass is 470 g/mol. The highest BCUT2D eigenvalue weighted by molar-refractivity contribution is 6.32. The number of nitrogens with one attached hydrogen (secondary N) is 1. The van der Waals surface area contributed by atoms with Crippen LogP contribution in [0.15, 0.2) is 84.4 Å². The minimum Gasteiger partial charge on any atom is -0.321 e. The lowest BCUT2D eigenvalue weighted by Gasteiger charge is -2.12. The fourth-order valence-electron chi connectivity index (χ4n) is 3.67. The van der Waals surface area contributed by atoms with Crippen molar-refractivity contribution in [3.05, 3.63) is 117 Å². The predicted molar refractivity (Wildman–Crippen MR) is 137 cm³/mol. The van der Waals surface area contributed by atoms with Crippen molar-refractivity contribution < 1.29 is 4.79 Å². The molecule has 1 N–H and O–H groups in total. The van der Waals surface area contributed by atoms with Crippen LogP contribution in [0.5, 0.6) is 0 Å². The molecule has 0 radical (unpaired) electrons. The van der Waals surface area contributed by atoms with E-state index in [0.29, 0.717) is 22.2 Å². The molecule has 0 fully saturated rings. The van der Waals surface area contributed by atoms with Gasteiger partial charge in [-0.15, -0.1) is 0 Å². The van der Waals surface area contributed by atoms with Crippen molar-refractivity contribution in [2.45, 2.75) is 13.3 Å². The maximum Gasteiger partial charge on any atom is 0.266 e. The third-order valence-electron chi connectivity index (χ3n) is 5.48. The van der Waals surface area contributed by atoms with E-state index >= 15 is 0 Å². The molecule has 0 unspecified atom stereocenters. The van der Waals surface area contributed by atoms with Gasteiger partial charge < -0.3 is 5.32 Å². The molecule has 0 saturated carbocycles. The van der Waals surface area contributed by atoms with Gasteiger partial charge >= 0.3 is 0 Å². The number of hydrogen-bond acceptors (Lipinski definition) is 2. The topological polar surface area (TPSA) is 52.9 Å². The van der Waals surface area contributed by atoms with E-state index in [4.69, 9.17) is 23.2 Å². The zero-order chi connectivity index (χ0) is 23.4. The summed E-state index contributed by atoms with van der Waals surface area (Å²) in [4.78, 5) is 12.9. The number of nitriles is 1. The number of fused-ring (bicyclic) bond motifs is 1. The second kappa shape index (κ2) is 9.92. The second-order valence-electron chi connectivity index (χ2n) is 7.72. The molecule has 0 aliphatic rings. The summed E-state index contributed by atoms with van der Waals surface area (Å²) in [5.41, 5.74) is 4.21. The van der Waals surface area contributed by atoms with Crippen molar-refractivity contribution in [1.82, 2.24) is 0 Å². The van der Waals surface area contributed by atoms with E-state index in [1.54, 1.807) is 18.2 Å². The zero-order valence-corrected chi connectivity index (χ0v) is 19.4. The van der Waals surface area contributed by atoms with E-state index < -0.39 is 5.91 Å². The van der Waals surface area contributed by atoms with E-state index in [1.165, 1.54) is 0 Å². The average Bonchev–Trinajstić information content (AvgIpc) is 2.82. The van der Waals surface area contributed by atoms with Gasteiger partial charge in [0.2, 0.25) is 0 Å². The standard InChI is InChI=1S/C28H20Cl2N2O/c1-18-10-13-23(16-27(18)30)32-28(33)22(17-31)15-25-20(14-21-7-3-5-9-26(21)29)12-11-19-6-2-4-8-24(19)25/h2-13,15-16H,14H2,1H3,(H,32,33)/b22-15+. The molecule has 4 aromatic rings. The smallest absolute Gasteiger partial charge is 0.266 e. The molecular formula is C28H20Cl2N2O. The largest absolute Gasteiger partial charge is 0.321 e. The number of halogens is 2. The lowest BCUT2D eigenvalue weighted by atomic mass is 9.93. The van der Waals surface area contributed by atoms with Gasteiger partial charge in [-0.05, 0) is 70.6 Å². The molecule has 1 amide bonds. The van der Waals surface area contributed by atoms with Crippen LogP contribution in [-0.4, -0.2) is 5.91 Å². The summed E-state index contributed by atoms with van der Waals surface area (Å²) in [5, 5.41) is 15.8. The fourth-order valence-corrected chi connectivity index (χ4v) is 4.06. The molecule has 0 atom stereocenters. The van der Waals surface area contributed by atoms with E-state index in [0.717, 1.165) is 33.0 Å². The van der Waals surface area contributed by atoms with Gasteiger partial charge in [-0.3, -0.25) is 4.79 Å². The maximum atomic E-state index is 12.9. The van der Waals surface area contributed by atoms with Gasteiger partial charge in [0.15, 0.2) is 0 Å². The Hall–Kier alpha value is -3.58. The van der Waals surface area contributed by atoms with Crippen LogP contribution in [-0.2, 0) is 11.2 Å². The summed E-state index contributed by atoms with van der Waals surface area (Å²) in [6.07, 6.45) is 2.23. The van der Waals surface area contributed by atoms with Crippen LogP contribution >= 0.6 is 23.2 Å². The lowest BCUT2D eigenvalue weighted by molar-refractivity contribution is -0.112. The first-order chi connectivity index (χ1) is 16.0. The Labute approximate surface area is 202 Å². The molecule has 0 aliphatic carbocycles. The van der Waals surface area contributed by atoms with Crippen molar-refractivity contribution in [2.75, 3.05) is 5.32 Å². The van der Waals surface area contributed by atoms with Crippen molar-refractivity contribution in [2.24, 2.45) is 0 Å². The van der Waals surface area contributed by atoms with Crippen LogP contribution in [0.25, 0.3) is 16.8 Å². The number of amides is 1. The molecule has 0 bridgehead atoms. The number of aryl methyl sites for hydroxylation is 1. The van der Waals surface area contributed by atoms with Gasteiger partial charge in [0.05, 0.1) is 0 Å². The zero-order valence-electron chi connectivity index (χ0n) is 17.9. The van der Waals surface area contributed by atoms with Crippen molar-refractivity contribution in [3.63, 3.8) is 0 Å². The Morgan fingerprint density at radius 3 is 2.45 bits per heavy atom. The van der Waals surface area contributed by atoms with Crippen molar-refractivity contribution in [3.8, 4) is 6.07 Å². The Morgan fingerprint density at radius 2 is 1.70 bits per heavy atom. The molecule has 162 valence electrons. The molecule has 0 aromatic heterocycles. The lowest BCUT2D eigenvalue weighted by Crippen LogP contribution is -2.13. The molecule has 3 nitrogen and oxygen atoms in total. The first-order valence-electron chi connectivity index (χ1n) is 10.4. The summed E-state index contributed by atoms with van der Waals surface area (Å²) >= 11 is 12.6. The minimum atomic E-state index is -0.492. The number of carbonyl (C=O) groups is 1. The predicted octanol–water partition coefficient (Wildman–Crippen LogP) is 7.59. The molecule has 0 aliphatic heterocycles. The number of hydrogen-bond donors (Lipinski definition) is 1. The van der Waals surface area contributed by atoms with Crippen molar-refractivity contribution >= 4 is 51.6 Å². The van der Waals surface area contributed by atoms with Gasteiger partial charge in [-0.1, -0.05) is 83.9 Å². The fraction of sp³-hybridized carbons (Fsp3) is 0.0714. The van der Waals surface area contributed by atoms with E-state index in [9.17, 15) is 10.1 Å². The maximum absolute atomic E-state index is 12.9. The molecule has 0 spiro atoms. The summed E-state index contributed by atoms with van der Waals surface area (Å²) in [5.74, 6) is -0.492. The first-order valence-corrected chi connectivity index (χ1v) is 11.1. The average molecular weight is 471 g/mol. The Morgan fingerprint density at radius 1 is 0.939 bits per heavy atom. The molecule has 33 heavy (non-hydrogen) atoms. The summed E-state index contributed by atoms with van der Waals surface area (Å²) < 4.78 is 0. The normalized spacial score (nSPS) is 11.3. The molecule has 0 saturated heterocycles. The number of nitrogens with zero attached hydrogens (tertiary/aromatic N) is 1. The Kier molecular flexibility index (Phi) is 6.79. The number of anilines is 1. The highest BCUT2D eigenvalue weighted by Gasteiger charge is 2.14. The number of carbonyl (C=O) groups excluding carboxylic acids is 1. The van der Waals surface area contributed by atoms with Crippen LogP contribution in [0.2, 0.25) is 10.0 Å². The van der Waals surface area contributed by atoms with Crippen LogP contribution in [0, 0.1) is 18.3 Å². The highest BCUT2D eigenvalue weighted by Crippen LogP contribution is 2.29. The molecule has 4 rings (SSSR count). The second-order valence-corrected chi connectivity index (χ2v) is 8.53. The van der Waals surface area contributed by atoms with E-state index in [1.807, 2.05) is 73.7 Å². The van der Waals surface area contributed by atoms with E-state index in [-0.39, 0.29) is 5.57 Å². The number of benzene rings is 4. The van der Waals surface area contributed by atoms with Gasteiger partial charge in [-0.2, -0.15) is 5.26 Å². The van der Waals surface area contributed by atoms with Crippen LogP contribution in [0.3, 0.4) is 0 Å². The summed E-state index contributed by atoms with van der Waals surface area (Å²) in [7, 11) is 0. The summed E-state index contributed by atoms with van der Waals surface area (Å²) in [6, 6.07) is 26.9. The summed E-state index contributed by atoms with van der Waals surface area (Å²) in [6.45, 7) is 1.88. The quantitative estimate of drug-likeness (QED) is 0.241. The van der Waals surface area contributed by atoms with Gasteiger partial charge in [0.25, 0.3) is 5.91 Å². The Balaban J connectivity index is 1.77. The molecular weight excluding hydrogens is 451 g/mol. The third kappa shape index (κ3) is 5.09. The van der Waals surface area contributed by atoms with Crippen LogP contribution in [0.4, 0.5) is 5.69 Å². The molecule has 4 aromatic carbocycles. The van der Waals surface area contributed by atoms with Gasteiger partial charge in [0.1, 0.15) is 11.6 Å². The van der Waals surface area contributed by atoms with Gasteiger partial charge in [0, 0.05) is 15.7 Å². The van der Waals surface area contributed by atoms with Crippen LogP contribution < -0.4 is 5.32 Å². The van der Waals surface area contributed by atoms with Crippen molar-refractivity contribution in [1.29, 1.82) is 5.26 Å². The SMILES string of the molecule is Cc1ccc(NC(=O)/C(C#N)=C/c2c(Cc3ccccc3Cl)ccc3ccccc23)cc1Cl. The van der Waals surface area contributed by atoms with Gasteiger partial charge in [-0.25, -0.2) is 0 Å². The third-order valence-corrected chi connectivity index (χ3v) is 6.26. The molecule has 0 heterocycles. The highest BCUT2D eigenvalue weighted by atomic mass is 35.5. The number of rotatable bonds is 5.